The SMILES string of the molecule is CCOC(=O)C1=C(C)N=c2sc(=Cc3cc(OCC)c(O)cc3Br)c(=O)n2[C@@H]1c1ccc(OCC)cc1. The van der Waals surface area contributed by atoms with Gasteiger partial charge < -0.3 is 19.3 Å². The molecule has 2 heterocycles. The third-order valence-electron chi connectivity index (χ3n) is 5.69. The first kappa shape index (κ1) is 26.7. The zero-order valence-corrected chi connectivity index (χ0v) is 23.3. The van der Waals surface area contributed by atoms with Gasteiger partial charge in [0.05, 0.1) is 41.7 Å². The minimum atomic E-state index is -0.713. The molecule has 4 rings (SSSR count). The molecular weight excluding hydrogens is 560 g/mol. The highest BCUT2D eigenvalue weighted by atomic mass is 79.9. The fraction of sp³-hybridized carbons (Fsp3) is 0.296. The van der Waals surface area contributed by atoms with Crippen LogP contribution in [0.25, 0.3) is 6.08 Å². The number of fused-ring (bicyclic) bond motifs is 1. The first-order valence-electron chi connectivity index (χ1n) is 11.9. The zero-order valence-electron chi connectivity index (χ0n) is 20.9. The molecule has 0 saturated heterocycles. The summed E-state index contributed by atoms with van der Waals surface area (Å²) in [6.45, 7) is 8.32. The largest absolute Gasteiger partial charge is 0.504 e. The van der Waals surface area contributed by atoms with E-state index in [1.54, 1.807) is 26.0 Å². The van der Waals surface area contributed by atoms with E-state index in [1.807, 2.05) is 38.1 Å². The molecule has 0 saturated carbocycles. The molecule has 0 radical (unpaired) electrons. The number of carbonyl (C=O) groups is 1. The van der Waals surface area contributed by atoms with Crippen LogP contribution in [0.4, 0.5) is 0 Å². The lowest BCUT2D eigenvalue weighted by Gasteiger charge is -2.24. The molecule has 1 aliphatic rings. The van der Waals surface area contributed by atoms with Crippen LogP contribution in [-0.2, 0) is 9.53 Å². The molecule has 37 heavy (non-hydrogen) atoms. The molecule has 1 aromatic heterocycles. The summed E-state index contributed by atoms with van der Waals surface area (Å²) in [6, 6.07) is 9.80. The fourth-order valence-electron chi connectivity index (χ4n) is 4.10. The number of ether oxygens (including phenoxy) is 3. The van der Waals surface area contributed by atoms with Gasteiger partial charge in [0.2, 0.25) is 0 Å². The number of aromatic hydroxyl groups is 1. The number of thiazole rings is 1. The highest BCUT2D eigenvalue weighted by molar-refractivity contribution is 9.10. The van der Waals surface area contributed by atoms with Gasteiger partial charge in [0.1, 0.15) is 5.75 Å². The number of hydrogen-bond donors (Lipinski definition) is 1. The molecule has 10 heteroatoms. The average molecular weight is 587 g/mol. The van der Waals surface area contributed by atoms with Crippen molar-refractivity contribution in [2.45, 2.75) is 33.7 Å². The number of esters is 1. The number of rotatable bonds is 8. The van der Waals surface area contributed by atoms with Crippen molar-refractivity contribution in [3.8, 4) is 17.2 Å². The number of carbonyl (C=O) groups excluding carboxylic acids is 1. The number of halogens is 1. The van der Waals surface area contributed by atoms with Gasteiger partial charge in [-0.25, -0.2) is 9.79 Å². The fourth-order valence-corrected chi connectivity index (χ4v) is 5.58. The Kier molecular flexibility index (Phi) is 8.19. The van der Waals surface area contributed by atoms with Crippen molar-refractivity contribution in [2.75, 3.05) is 19.8 Å². The van der Waals surface area contributed by atoms with E-state index in [-0.39, 0.29) is 17.9 Å². The summed E-state index contributed by atoms with van der Waals surface area (Å²) in [7, 11) is 0. The van der Waals surface area contributed by atoms with E-state index >= 15 is 0 Å². The normalized spacial score (nSPS) is 15.3. The molecule has 194 valence electrons. The Morgan fingerprint density at radius 2 is 1.84 bits per heavy atom. The Hall–Kier alpha value is -3.37. The third-order valence-corrected chi connectivity index (χ3v) is 7.36. The molecule has 1 aliphatic heterocycles. The van der Waals surface area contributed by atoms with Crippen molar-refractivity contribution in [3.63, 3.8) is 0 Å². The summed E-state index contributed by atoms with van der Waals surface area (Å²) in [5, 5.41) is 10.2. The van der Waals surface area contributed by atoms with Crippen molar-refractivity contribution in [1.29, 1.82) is 0 Å². The molecule has 0 fully saturated rings. The van der Waals surface area contributed by atoms with E-state index in [2.05, 4.69) is 20.9 Å². The van der Waals surface area contributed by atoms with E-state index in [1.165, 1.54) is 22.0 Å². The van der Waals surface area contributed by atoms with E-state index in [4.69, 9.17) is 14.2 Å². The number of nitrogens with zero attached hydrogens (tertiary/aromatic N) is 2. The summed E-state index contributed by atoms with van der Waals surface area (Å²) < 4.78 is 19.0. The number of benzene rings is 2. The second kappa shape index (κ2) is 11.4. The Balaban J connectivity index is 1.92. The first-order chi connectivity index (χ1) is 17.8. The predicted molar refractivity (Wildman–Crippen MR) is 145 cm³/mol. The molecule has 0 spiro atoms. The summed E-state index contributed by atoms with van der Waals surface area (Å²) >= 11 is 4.68. The summed E-state index contributed by atoms with van der Waals surface area (Å²) in [4.78, 5) is 31.9. The first-order valence-corrected chi connectivity index (χ1v) is 13.5. The highest BCUT2D eigenvalue weighted by Gasteiger charge is 2.33. The van der Waals surface area contributed by atoms with Crippen LogP contribution in [0.3, 0.4) is 0 Å². The van der Waals surface area contributed by atoms with E-state index in [9.17, 15) is 14.7 Å². The molecule has 8 nitrogen and oxygen atoms in total. The lowest BCUT2D eigenvalue weighted by Crippen LogP contribution is -2.39. The molecule has 0 bridgehead atoms. The van der Waals surface area contributed by atoms with Gasteiger partial charge in [-0.15, -0.1) is 0 Å². The molecule has 1 atom stereocenters. The van der Waals surface area contributed by atoms with Gasteiger partial charge in [-0.05, 0) is 69.2 Å². The van der Waals surface area contributed by atoms with Gasteiger partial charge in [-0.2, -0.15) is 0 Å². The third kappa shape index (κ3) is 5.35. The molecule has 1 N–H and O–H groups in total. The van der Waals surface area contributed by atoms with Crippen molar-refractivity contribution in [1.82, 2.24) is 4.57 Å². The summed E-state index contributed by atoms with van der Waals surface area (Å²) in [5.74, 6) is 0.494. The van der Waals surface area contributed by atoms with Crippen LogP contribution in [0, 0.1) is 0 Å². The number of aromatic nitrogens is 1. The van der Waals surface area contributed by atoms with E-state index < -0.39 is 12.0 Å². The average Bonchev–Trinajstić information content (AvgIpc) is 3.16. The number of phenolic OH excluding ortho intramolecular Hbond substituents is 1. The van der Waals surface area contributed by atoms with Crippen LogP contribution < -0.4 is 24.4 Å². The molecule has 0 amide bonds. The summed E-state index contributed by atoms with van der Waals surface area (Å²) in [6.07, 6.45) is 1.72. The van der Waals surface area contributed by atoms with Crippen molar-refractivity contribution >= 4 is 39.3 Å². The second-order valence-electron chi connectivity index (χ2n) is 8.08. The van der Waals surface area contributed by atoms with E-state index in [0.29, 0.717) is 55.4 Å². The molecule has 2 aromatic carbocycles. The molecule has 3 aromatic rings. The molecular formula is C27H27BrN2O6S. The standard InChI is InChI=1S/C27H27BrN2O6S/c1-5-34-18-10-8-16(9-11-18)24-23(26(33)36-7-3)15(4)29-27-30(24)25(32)22(37-27)13-17-12-21(35-6-2)20(31)14-19(17)28/h8-14,24,31H,5-7H2,1-4H3/t24-/m1/s1. The second-order valence-corrected chi connectivity index (χ2v) is 9.94. The number of phenols is 1. The summed E-state index contributed by atoms with van der Waals surface area (Å²) in [5.41, 5.74) is 1.90. The van der Waals surface area contributed by atoms with Crippen molar-refractivity contribution in [2.24, 2.45) is 4.99 Å². The Bertz CT molecular complexity index is 1540. The highest BCUT2D eigenvalue weighted by Crippen LogP contribution is 2.34. The van der Waals surface area contributed by atoms with Crippen LogP contribution in [0.5, 0.6) is 17.2 Å². The monoisotopic (exact) mass is 586 g/mol. The Morgan fingerprint density at radius 1 is 1.14 bits per heavy atom. The zero-order chi connectivity index (χ0) is 26.7. The van der Waals surface area contributed by atoms with Gasteiger partial charge in [-0.1, -0.05) is 39.4 Å². The molecule has 0 unspecified atom stereocenters. The minimum Gasteiger partial charge on any atom is -0.504 e. The van der Waals surface area contributed by atoms with Crippen LogP contribution in [0.15, 0.2) is 61.9 Å². The number of allylic oxidation sites excluding steroid dienone is 1. The predicted octanol–water partition coefficient (Wildman–Crippen LogP) is 4.06. The molecule has 0 aliphatic carbocycles. The lowest BCUT2D eigenvalue weighted by molar-refractivity contribution is -0.139. The van der Waals surface area contributed by atoms with Crippen molar-refractivity contribution < 1.29 is 24.1 Å². The van der Waals surface area contributed by atoms with Gasteiger partial charge in [0.15, 0.2) is 16.3 Å². The van der Waals surface area contributed by atoms with Gasteiger partial charge >= 0.3 is 5.97 Å². The topological polar surface area (TPSA) is 99.4 Å². The van der Waals surface area contributed by atoms with Crippen molar-refractivity contribution in [3.05, 3.63) is 83.0 Å². The van der Waals surface area contributed by atoms with Crippen LogP contribution in [0.1, 0.15) is 44.9 Å². The lowest BCUT2D eigenvalue weighted by atomic mass is 9.96. The van der Waals surface area contributed by atoms with Gasteiger partial charge in [0, 0.05) is 4.47 Å². The van der Waals surface area contributed by atoms with Gasteiger partial charge in [-0.3, -0.25) is 9.36 Å². The van der Waals surface area contributed by atoms with Crippen LogP contribution >= 0.6 is 27.3 Å². The maximum atomic E-state index is 13.8. The quantitative estimate of drug-likeness (QED) is 0.399. The number of hydrogen-bond acceptors (Lipinski definition) is 8. The Labute approximate surface area is 226 Å². The smallest absolute Gasteiger partial charge is 0.338 e. The van der Waals surface area contributed by atoms with Crippen LogP contribution in [-0.4, -0.2) is 35.5 Å². The maximum Gasteiger partial charge on any atom is 0.338 e. The Morgan fingerprint density at radius 3 is 2.49 bits per heavy atom. The maximum absolute atomic E-state index is 13.8. The van der Waals surface area contributed by atoms with E-state index in [0.717, 1.165) is 5.56 Å². The minimum absolute atomic E-state index is 0.00228. The van der Waals surface area contributed by atoms with Crippen LogP contribution in [0.2, 0.25) is 0 Å². The van der Waals surface area contributed by atoms with Gasteiger partial charge in [0.25, 0.3) is 5.56 Å².